The highest BCUT2D eigenvalue weighted by molar-refractivity contribution is 6.33. The molecule has 1 aliphatic rings. The van der Waals surface area contributed by atoms with Crippen molar-refractivity contribution < 1.29 is 9.13 Å². The number of rotatable bonds is 6. The highest BCUT2D eigenvalue weighted by atomic mass is 35.5. The lowest BCUT2D eigenvalue weighted by Crippen LogP contribution is -2.27. The highest BCUT2D eigenvalue weighted by Gasteiger charge is 2.20. The van der Waals surface area contributed by atoms with Gasteiger partial charge in [-0.25, -0.2) is 9.37 Å². The first kappa shape index (κ1) is 20.8. The van der Waals surface area contributed by atoms with Gasteiger partial charge in [0.25, 0.3) is 0 Å². The zero-order chi connectivity index (χ0) is 20.9. The van der Waals surface area contributed by atoms with Gasteiger partial charge < -0.3 is 10.5 Å². The Hall–Kier alpha value is -2.50. The molecule has 0 bridgehead atoms. The van der Waals surface area contributed by atoms with E-state index in [2.05, 4.69) is 9.97 Å². The van der Waals surface area contributed by atoms with E-state index in [9.17, 15) is 4.39 Å². The van der Waals surface area contributed by atoms with Crippen LogP contribution in [-0.2, 0) is 13.0 Å². The number of hydrogen-bond acceptors (Lipinski definition) is 4. The summed E-state index contributed by atoms with van der Waals surface area (Å²) in [5.74, 6) is 0.793. The predicted molar refractivity (Wildman–Crippen MR) is 117 cm³/mol. The fourth-order valence-corrected chi connectivity index (χ4v) is 4.11. The normalized spacial score (nSPS) is 18.9. The SMILES string of the molecule is NC1CCC(Cc2cc(-c3cccc(OCc4cccc(F)c4)n3)c(Cl)cn2)CC1. The van der Waals surface area contributed by atoms with Crippen LogP contribution in [0.15, 0.2) is 54.7 Å². The van der Waals surface area contributed by atoms with Crippen molar-refractivity contribution in [3.05, 3.63) is 76.8 Å². The molecule has 1 fully saturated rings. The van der Waals surface area contributed by atoms with Gasteiger partial charge in [0.05, 0.1) is 10.7 Å². The summed E-state index contributed by atoms with van der Waals surface area (Å²) in [6.45, 7) is 0.243. The third kappa shape index (κ3) is 5.35. The van der Waals surface area contributed by atoms with Crippen LogP contribution < -0.4 is 10.5 Å². The second-order valence-corrected chi connectivity index (χ2v) is 8.33. The standard InChI is InChI=1S/C24H25ClFN3O/c25-22-14-28-20(12-16-7-9-19(27)10-8-16)13-21(22)23-5-2-6-24(29-23)30-15-17-3-1-4-18(26)11-17/h1-6,11,13-14,16,19H,7-10,12,15,27H2. The topological polar surface area (TPSA) is 61.0 Å². The van der Waals surface area contributed by atoms with E-state index in [0.29, 0.717) is 22.9 Å². The first-order chi connectivity index (χ1) is 14.6. The molecule has 30 heavy (non-hydrogen) atoms. The van der Waals surface area contributed by atoms with Gasteiger partial charge >= 0.3 is 0 Å². The van der Waals surface area contributed by atoms with Crippen LogP contribution in [0.25, 0.3) is 11.3 Å². The number of nitrogens with two attached hydrogens (primary N) is 1. The van der Waals surface area contributed by atoms with Gasteiger partial charge in [0.1, 0.15) is 12.4 Å². The Bertz CT molecular complexity index is 1010. The van der Waals surface area contributed by atoms with Crippen LogP contribution in [0, 0.1) is 11.7 Å². The zero-order valence-electron chi connectivity index (χ0n) is 16.7. The van der Waals surface area contributed by atoms with Crippen LogP contribution in [-0.4, -0.2) is 16.0 Å². The summed E-state index contributed by atoms with van der Waals surface area (Å²) >= 11 is 6.43. The minimum absolute atomic E-state index is 0.243. The molecule has 0 atom stereocenters. The second-order valence-electron chi connectivity index (χ2n) is 7.92. The summed E-state index contributed by atoms with van der Waals surface area (Å²) < 4.78 is 19.1. The average Bonchev–Trinajstić information content (AvgIpc) is 2.75. The first-order valence-corrected chi connectivity index (χ1v) is 10.7. The van der Waals surface area contributed by atoms with Gasteiger partial charge in [0.15, 0.2) is 0 Å². The smallest absolute Gasteiger partial charge is 0.214 e. The molecule has 1 saturated carbocycles. The zero-order valence-corrected chi connectivity index (χ0v) is 17.5. The molecule has 0 amide bonds. The van der Waals surface area contributed by atoms with Gasteiger partial charge in [-0.1, -0.05) is 29.8 Å². The van der Waals surface area contributed by atoms with E-state index < -0.39 is 0 Å². The lowest BCUT2D eigenvalue weighted by atomic mass is 9.83. The number of halogens is 2. The van der Waals surface area contributed by atoms with E-state index in [4.69, 9.17) is 22.1 Å². The molecule has 2 N–H and O–H groups in total. The summed E-state index contributed by atoms with van der Waals surface area (Å²) in [6, 6.07) is 14.3. The van der Waals surface area contributed by atoms with Crippen molar-refractivity contribution in [3.63, 3.8) is 0 Å². The van der Waals surface area contributed by atoms with Crippen molar-refractivity contribution >= 4 is 11.6 Å². The maximum atomic E-state index is 13.3. The molecule has 4 nitrogen and oxygen atoms in total. The molecular weight excluding hydrogens is 401 g/mol. The van der Waals surface area contributed by atoms with Gasteiger partial charge in [0, 0.05) is 29.6 Å². The monoisotopic (exact) mass is 425 g/mol. The molecule has 0 aliphatic heterocycles. The molecule has 2 heterocycles. The highest BCUT2D eigenvalue weighted by Crippen LogP contribution is 2.31. The Balaban J connectivity index is 1.48. The quantitative estimate of drug-likeness (QED) is 0.560. The lowest BCUT2D eigenvalue weighted by molar-refractivity contribution is 0.293. The molecule has 0 unspecified atom stereocenters. The first-order valence-electron chi connectivity index (χ1n) is 10.3. The van der Waals surface area contributed by atoms with Crippen LogP contribution in [0.5, 0.6) is 5.88 Å². The summed E-state index contributed by atoms with van der Waals surface area (Å²) in [5, 5.41) is 0.555. The molecule has 3 aromatic rings. The molecule has 2 aromatic heterocycles. The Morgan fingerprint density at radius 2 is 1.87 bits per heavy atom. The van der Waals surface area contributed by atoms with Gasteiger partial charge in [-0.3, -0.25) is 4.98 Å². The minimum atomic E-state index is -0.283. The van der Waals surface area contributed by atoms with Gasteiger partial charge in [-0.05, 0) is 67.9 Å². The fourth-order valence-electron chi connectivity index (χ4n) is 3.91. The van der Waals surface area contributed by atoms with Crippen molar-refractivity contribution in [2.45, 2.75) is 44.8 Å². The van der Waals surface area contributed by atoms with Gasteiger partial charge in [-0.15, -0.1) is 0 Å². The van der Waals surface area contributed by atoms with Crippen molar-refractivity contribution in [1.82, 2.24) is 9.97 Å². The van der Waals surface area contributed by atoms with E-state index in [1.165, 1.54) is 12.1 Å². The molecule has 6 heteroatoms. The molecule has 1 aromatic carbocycles. The van der Waals surface area contributed by atoms with Crippen LogP contribution >= 0.6 is 11.6 Å². The van der Waals surface area contributed by atoms with Gasteiger partial charge in [0.2, 0.25) is 5.88 Å². The summed E-state index contributed by atoms with van der Waals surface area (Å²) in [6.07, 6.45) is 7.06. The maximum Gasteiger partial charge on any atom is 0.214 e. The number of pyridine rings is 2. The second kappa shape index (κ2) is 9.54. The number of ether oxygens (including phenoxy) is 1. The van der Waals surface area contributed by atoms with Crippen molar-refractivity contribution in [2.75, 3.05) is 0 Å². The van der Waals surface area contributed by atoms with E-state index >= 15 is 0 Å². The number of nitrogens with zero attached hydrogens (tertiary/aromatic N) is 2. The van der Waals surface area contributed by atoms with Gasteiger partial charge in [-0.2, -0.15) is 0 Å². The number of hydrogen-bond donors (Lipinski definition) is 1. The van der Waals surface area contributed by atoms with E-state index in [-0.39, 0.29) is 12.4 Å². The Morgan fingerprint density at radius 3 is 2.67 bits per heavy atom. The molecule has 0 saturated heterocycles. The minimum Gasteiger partial charge on any atom is -0.473 e. The molecule has 156 valence electrons. The molecule has 4 rings (SSSR count). The van der Waals surface area contributed by atoms with Crippen molar-refractivity contribution in [2.24, 2.45) is 11.7 Å². The lowest BCUT2D eigenvalue weighted by Gasteiger charge is -2.25. The third-order valence-electron chi connectivity index (χ3n) is 5.58. The van der Waals surface area contributed by atoms with Crippen LogP contribution in [0.3, 0.4) is 0 Å². The number of benzene rings is 1. The largest absolute Gasteiger partial charge is 0.473 e. The maximum absolute atomic E-state index is 13.3. The van der Waals surface area contributed by atoms with E-state index in [1.807, 2.05) is 24.3 Å². The van der Waals surface area contributed by atoms with E-state index in [0.717, 1.165) is 54.6 Å². The molecule has 0 radical (unpaired) electrons. The van der Waals surface area contributed by atoms with Crippen molar-refractivity contribution in [3.8, 4) is 17.1 Å². The van der Waals surface area contributed by atoms with Crippen LogP contribution in [0.1, 0.15) is 36.9 Å². The van der Waals surface area contributed by atoms with Crippen molar-refractivity contribution in [1.29, 1.82) is 0 Å². The van der Waals surface area contributed by atoms with E-state index in [1.54, 1.807) is 18.3 Å². The van der Waals surface area contributed by atoms with Crippen LogP contribution in [0.2, 0.25) is 5.02 Å². The third-order valence-corrected chi connectivity index (χ3v) is 5.88. The predicted octanol–water partition coefficient (Wildman–Crippen LogP) is 5.58. The Kier molecular flexibility index (Phi) is 6.60. The fraction of sp³-hybridized carbons (Fsp3) is 0.333. The Labute approximate surface area is 181 Å². The summed E-state index contributed by atoms with van der Waals surface area (Å²) in [4.78, 5) is 9.12. The molecule has 1 aliphatic carbocycles. The molecular formula is C24H25ClFN3O. The molecule has 0 spiro atoms. The van der Waals surface area contributed by atoms with Crippen LogP contribution in [0.4, 0.5) is 4.39 Å². The Morgan fingerprint density at radius 1 is 1.07 bits per heavy atom. The summed E-state index contributed by atoms with van der Waals surface area (Å²) in [7, 11) is 0. The summed E-state index contributed by atoms with van der Waals surface area (Å²) in [5.41, 5.74) is 9.35. The average molecular weight is 426 g/mol. The number of aromatic nitrogens is 2.